The molecule has 1 aliphatic rings. The maximum Gasteiger partial charge on any atom is 0.306 e. The summed E-state index contributed by atoms with van der Waals surface area (Å²) in [6.45, 7) is 4.26. The Morgan fingerprint density at radius 1 is 1.16 bits per heavy atom. The Morgan fingerprint density at radius 2 is 1.76 bits per heavy atom. The fraction of sp³-hybridized carbons (Fsp3) is 0.600. The van der Waals surface area contributed by atoms with Crippen LogP contribution in [0, 0.1) is 17.8 Å². The number of hydrogen-bond acceptors (Lipinski definition) is 3. The van der Waals surface area contributed by atoms with Gasteiger partial charge in [-0.1, -0.05) is 32.0 Å². The number of nitrogens with one attached hydrogen (secondary N) is 1. The number of carboxylic acids is 1. The maximum absolute atomic E-state index is 12.7. The molecule has 1 aromatic carbocycles. The zero-order valence-electron chi connectivity index (χ0n) is 15.3. The number of carboxylic acid groups (broad SMARTS) is 1. The average molecular weight is 347 g/mol. The normalized spacial score (nSPS) is 21.6. The molecule has 0 bridgehead atoms. The van der Waals surface area contributed by atoms with Gasteiger partial charge in [-0.15, -0.1) is 0 Å². The standard InChI is InChI=1S/C20H29NO4/c1-13(2)12-17(16-6-4-5-7-18(16)25-3)21-19(22)14-8-10-15(11-9-14)20(23)24/h4-7,13-15,17H,8-12H2,1-3H3,(H,21,22)(H,23,24). The van der Waals surface area contributed by atoms with Gasteiger partial charge in [0.25, 0.3) is 0 Å². The smallest absolute Gasteiger partial charge is 0.306 e. The van der Waals surface area contributed by atoms with E-state index in [4.69, 9.17) is 9.84 Å². The second-order valence-corrected chi connectivity index (χ2v) is 7.32. The summed E-state index contributed by atoms with van der Waals surface area (Å²) in [5.41, 5.74) is 0.992. The molecule has 1 aliphatic carbocycles. The van der Waals surface area contributed by atoms with Crippen molar-refractivity contribution in [1.82, 2.24) is 5.32 Å². The summed E-state index contributed by atoms with van der Waals surface area (Å²) < 4.78 is 5.46. The predicted molar refractivity (Wildman–Crippen MR) is 96.4 cm³/mol. The molecule has 138 valence electrons. The summed E-state index contributed by atoms with van der Waals surface area (Å²) in [5, 5.41) is 12.3. The van der Waals surface area contributed by atoms with Gasteiger partial charge in [-0.25, -0.2) is 0 Å². The molecular formula is C20H29NO4. The third-order valence-corrected chi connectivity index (χ3v) is 4.99. The van der Waals surface area contributed by atoms with Crippen molar-refractivity contribution in [2.75, 3.05) is 7.11 Å². The van der Waals surface area contributed by atoms with Gasteiger partial charge in [0, 0.05) is 11.5 Å². The molecule has 0 aromatic heterocycles. The van der Waals surface area contributed by atoms with E-state index >= 15 is 0 Å². The van der Waals surface area contributed by atoms with Crippen molar-refractivity contribution < 1.29 is 19.4 Å². The summed E-state index contributed by atoms with van der Waals surface area (Å²) in [6, 6.07) is 7.68. The molecule has 1 amide bonds. The highest BCUT2D eigenvalue weighted by molar-refractivity contribution is 5.80. The molecule has 5 nitrogen and oxygen atoms in total. The van der Waals surface area contributed by atoms with Crippen molar-refractivity contribution >= 4 is 11.9 Å². The molecule has 0 saturated heterocycles. The number of benzene rings is 1. The molecule has 0 spiro atoms. The van der Waals surface area contributed by atoms with Gasteiger partial charge in [-0.05, 0) is 44.1 Å². The Hall–Kier alpha value is -2.04. The van der Waals surface area contributed by atoms with Crippen LogP contribution in [0.25, 0.3) is 0 Å². The first-order valence-electron chi connectivity index (χ1n) is 9.08. The van der Waals surface area contributed by atoms with Gasteiger partial charge < -0.3 is 15.2 Å². The van der Waals surface area contributed by atoms with Crippen LogP contribution in [0.5, 0.6) is 5.75 Å². The monoisotopic (exact) mass is 347 g/mol. The average Bonchev–Trinajstić information content (AvgIpc) is 2.60. The third kappa shape index (κ3) is 5.21. The Bertz CT molecular complexity index is 591. The van der Waals surface area contributed by atoms with E-state index in [9.17, 15) is 9.59 Å². The van der Waals surface area contributed by atoms with E-state index in [-0.39, 0.29) is 23.8 Å². The molecule has 0 aliphatic heterocycles. The van der Waals surface area contributed by atoms with Crippen LogP contribution in [0.4, 0.5) is 0 Å². The summed E-state index contributed by atoms with van der Waals surface area (Å²) in [6.07, 6.45) is 3.27. The van der Waals surface area contributed by atoms with E-state index in [0.29, 0.717) is 31.6 Å². The molecule has 1 aromatic rings. The van der Waals surface area contributed by atoms with E-state index in [1.54, 1.807) is 7.11 Å². The number of carbonyl (C=O) groups is 2. The van der Waals surface area contributed by atoms with Gasteiger partial charge in [-0.2, -0.15) is 0 Å². The zero-order valence-corrected chi connectivity index (χ0v) is 15.3. The minimum Gasteiger partial charge on any atom is -0.496 e. The van der Waals surface area contributed by atoms with Crippen LogP contribution in [-0.2, 0) is 9.59 Å². The summed E-state index contributed by atoms with van der Waals surface area (Å²) in [4.78, 5) is 23.8. The number of hydrogen-bond donors (Lipinski definition) is 2. The number of para-hydroxylation sites is 1. The van der Waals surface area contributed by atoms with Gasteiger partial charge >= 0.3 is 5.97 Å². The van der Waals surface area contributed by atoms with Gasteiger partial charge in [0.2, 0.25) is 5.91 Å². The van der Waals surface area contributed by atoms with E-state index in [0.717, 1.165) is 17.7 Å². The molecule has 25 heavy (non-hydrogen) atoms. The third-order valence-electron chi connectivity index (χ3n) is 4.99. The molecular weight excluding hydrogens is 318 g/mol. The van der Waals surface area contributed by atoms with E-state index in [1.165, 1.54) is 0 Å². The number of ether oxygens (including phenoxy) is 1. The van der Waals surface area contributed by atoms with Crippen LogP contribution in [-0.4, -0.2) is 24.1 Å². The maximum atomic E-state index is 12.7. The lowest BCUT2D eigenvalue weighted by molar-refractivity contribution is -0.144. The lowest BCUT2D eigenvalue weighted by atomic mass is 9.81. The molecule has 0 heterocycles. The number of carbonyl (C=O) groups excluding carboxylic acids is 1. The zero-order chi connectivity index (χ0) is 18.4. The topological polar surface area (TPSA) is 75.6 Å². The van der Waals surface area contributed by atoms with E-state index in [1.807, 2.05) is 24.3 Å². The highest BCUT2D eigenvalue weighted by Gasteiger charge is 2.31. The van der Waals surface area contributed by atoms with E-state index in [2.05, 4.69) is 19.2 Å². The van der Waals surface area contributed by atoms with Crippen LogP contribution >= 0.6 is 0 Å². The fourth-order valence-corrected chi connectivity index (χ4v) is 3.58. The van der Waals surface area contributed by atoms with Crippen molar-refractivity contribution in [3.8, 4) is 5.75 Å². The van der Waals surface area contributed by atoms with Crippen LogP contribution in [0.15, 0.2) is 24.3 Å². The van der Waals surface area contributed by atoms with Crippen LogP contribution in [0.2, 0.25) is 0 Å². The molecule has 1 fully saturated rings. The first-order chi connectivity index (χ1) is 11.9. The minimum absolute atomic E-state index is 0.0281. The van der Waals surface area contributed by atoms with Crippen LogP contribution in [0.3, 0.4) is 0 Å². The van der Waals surface area contributed by atoms with Gasteiger partial charge in [0.1, 0.15) is 5.75 Å². The Morgan fingerprint density at radius 3 is 2.32 bits per heavy atom. The second kappa shape index (κ2) is 8.88. The first-order valence-corrected chi connectivity index (χ1v) is 9.08. The minimum atomic E-state index is -0.745. The molecule has 0 radical (unpaired) electrons. The lowest BCUT2D eigenvalue weighted by Crippen LogP contribution is -2.37. The van der Waals surface area contributed by atoms with Gasteiger partial charge in [-0.3, -0.25) is 9.59 Å². The molecule has 2 rings (SSSR count). The van der Waals surface area contributed by atoms with Crippen molar-refractivity contribution in [3.63, 3.8) is 0 Å². The molecule has 2 N–H and O–H groups in total. The number of amides is 1. The fourth-order valence-electron chi connectivity index (χ4n) is 3.58. The largest absolute Gasteiger partial charge is 0.496 e. The van der Waals surface area contributed by atoms with Gasteiger partial charge in [0.15, 0.2) is 0 Å². The van der Waals surface area contributed by atoms with Gasteiger partial charge in [0.05, 0.1) is 19.1 Å². The lowest BCUT2D eigenvalue weighted by Gasteiger charge is -2.29. The van der Waals surface area contributed by atoms with Crippen molar-refractivity contribution in [2.24, 2.45) is 17.8 Å². The van der Waals surface area contributed by atoms with Crippen LogP contribution < -0.4 is 10.1 Å². The summed E-state index contributed by atoms with van der Waals surface area (Å²) in [7, 11) is 1.64. The number of aliphatic carboxylic acids is 1. The molecule has 1 saturated carbocycles. The Labute approximate surface area is 149 Å². The van der Waals surface area contributed by atoms with Crippen molar-refractivity contribution in [2.45, 2.75) is 52.0 Å². The number of rotatable bonds is 7. The highest BCUT2D eigenvalue weighted by Crippen LogP contribution is 2.32. The van der Waals surface area contributed by atoms with Crippen LogP contribution in [0.1, 0.15) is 57.6 Å². The number of methoxy groups -OCH3 is 1. The second-order valence-electron chi connectivity index (χ2n) is 7.32. The van der Waals surface area contributed by atoms with Crippen molar-refractivity contribution in [3.05, 3.63) is 29.8 Å². The molecule has 1 atom stereocenters. The first kappa shape index (κ1) is 19.3. The summed E-state index contributed by atoms with van der Waals surface area (Å²) in [5.74, 6) is 0.0941. The van der Waals surface area contributed by atoms with Crippen molar-refractivity contribution in [1.29, 1.82) is 0 Å². The molecule has 1 unspecified atom stereocenters. The summed E-state index contributed by atoms with van der Waals surface area (Å²) >= 11 is 0. The SMILES string of the molecule is COc1ccccc1C(CC(C)C)NC(=O)C1CCC(C(=O)O)CC1. The highest BCUT2D eigenvalue weighted by atomic mass is 16.5. The predicted octanol–water partition coefficient (Wildman–Crippen LogP) is 3.79. The Kier molecular flexibility index (Phi) is 6.85. The van der Waals surface area contributed by atoms with E-state index < -0.39 is 5.97 Å². The quantitative estimate of drug-likeness (QED) is 0.787. The molecule has 5 heteroatoms. The Balaban J connectivity index is 2.07.